The average molecular weight is 461 g/mol. The summed E-state index contributed by atoms with van der Waals surface area (Å²) in [5.41, 5.74) is 3.72. The van der Waals surface area contributed by atoms with Crippen LogP contribution in [0.25, 0.3) is 0 Å². The van der Waals surface area contributed by atoms with Gasteiger partial charge in [-0.3, -0.25) is 9.69 Å². The molecule has 0 radical (unpaired) electrons. The van der Waals surface area contributed by atoms with Crippen LogP contribution in [0.15, 0.2) is 84.0 Å². The van der Waals surface area contributed by atoms with Gasteiger partial charge in [0.05, 0.1) is 29.6 Å². The lowest BCUT2D eigenvalue weighted by Crippen LogP contribution is -2.38. The van der Waals surface area contributed by atoms with E-state index in [1.807, 2.05) is 76.6 Å². The number of ether oxygens (including phenoxy) is 1. The minimum absolute atomic E-state index is 0.109. The Bertz CT molecular complexity index is 1160. The Kier molecular flexibility index (Phi) is 6.03. The number of carbonyl (C=O) groups excluding carboxylic acids is 1. The molecule has 0 N–H and O–H groups in total. The third kappa shape index (κ3) is 4.19. The van der Waals surface area contributed by atoms with E-state index < -0.39 is 0 Å². The second-order valence-electron chi connectivity index (χ2n) is 8.05. The largest absolute Gasteiger partial charge is 0.378 e. The summed E-state index contributed by atoms with van der Waals surface area (Å²) in [6.07, 6.45) is -0.321. The summed E-state index contributed by atoms with van der Waals surface area (Å²) in [5, 5.41) is 7.31. The Balaban J connectivity index is 1.60. The number of Topliss-reactive ketones (excluding diaryl/α,β-unsaturated/α-hetero) is 1. The van der Waals surface area contributed by atoms with E-state index in [2.05, 4.69) is 17.0 Å². The van der Waals surface area contributed by atoms with Crippen molar-refractivity contribution in [3.8, 4) is 0 Å². The van der Waals surface area contributed by atoms with Crippen LogP contribution in [0.3, 0.4) is 0 Å². The molecule has 1 fully saturated rings. The summed E-state index contributed by atoms with van der Waals surface area (Å²) < 4.78 is 5.47. The third-order valence-corrected chi connectivity index (χ3v) is 6.20. The molecule has 3 aromatic carbocycles. The van der Waals surface area contributed by atoms with E-state index in [0.29, 0.717) is 24.1 Å². The van der Waals surface area contributed by atoms with E-state index in [1.165, 1.54) is 0 Å². The minimum atomic E-state index is -0.321. The highest BCUT2D eigenvalue weighted by Crippen LogP contribution is 2.41. The number of ketones is 1. The third-order valence-electron chi connectivity index (χ3n) is 5.90. The molecular weight excluding hydrogens is 436 g/mol. The maximum Gasteiger partial charge on any atom is 0.198 e. The lowest BCUT2D eigenvalue weighted by molar-refractivity contribution is -0.111. The van der Waals surface area contributed by atoms with Gasteiger partial charge in [-0.25, -0.2) is 5.01 Å². The van der Waals surface area contributed by atoms with Gasteiger partial charge in [-0.05, 0) is 35.9 Å². The fraction of sp³-hybridized carbons (Fsp3) is 0.231. The fourth-order valence-corrected chi connectivity index (χ4v) is 4.63. The molecule has 0 saturated carbocycles. The molecule has 2 heterocycles. The standard InChI is InChI=1S/C26H25ClN4O2/c1-19(32)25-28-31(21-10-6-3-7-11-21)26(20-8-4-2-5-9-20)30(25)22-12-13-24(23(27)18-22)29-14-16-33-17-15-29/h2-13,18,26H,14-17H2,1H3/t26-/m1/s1. The summed E-state index contributed by atoms with van der Waals surface area (Å²) in [4.78, 5) is 16.9. The number of benzene rings is 3. The second kappa shape index (κ2) is 9.25. The first kappa shape index (κ1) is 21.5. The van der Waals surface area contributed by atoms with Gasteiger partial charge in [0.15, 0.2) is 17.8 Å². The first-order valence-electron chi connectivity index (χ1n) is 11.0. The van der Waals surface area contributed by atoms with Gasteiger partial charge in [-0.2, -0.15) is 0 Å². The number of hydrazone groups is 1. The second-order valence-corrected chi connectivity index (χ2v) is 8.46. The zero-order valence-electron chi connectivity index (χ0n) is 18.4. The number of rotatable bonds is 5. The van der Waals surface area contributed by atoms with Gasteiger partial charge in [0.1, 0.15) is 0 Å². The number of para-hydroxylation sites is 1. The quantitative estimate of drug-likeness (QED) is 0.530. The van der Waals surface area contributed by atoms with Crippen LogP contribution in [0.2, 0.25) is 5.02 Å². The molecule has 0 amide bonds. The first-order chi connectivity index (χ1) is 16.1. The molecule has 3 aromatic rings. The maximum absolute atomic E-state index is 12.7. The summed E-state index contributed by atoms with van der Waals surface area (Å²) >= 11 is 6.77. The molecule has 7 heteroatoms. The molecule has 6 nitrogen and oxygen atoms in total. The molecule has 1 atom stereocenters. The molecule has 5 rings (SSSR count). The summed E-state index contributed by atoms with van der Waals surface area (Å²) in [5.74, 6) is 0.269. The molecule has 0 unspecified atom stereocenters. The lowest BCUT2D eigenvalue weighted by Gasteiger charge is -2.33. The number of carbonyl (C=O) groups is 1. The minimum Gasteiger partial charge on any atom is -0.378 e. The van der Waals surface area contributed by atoms with Gasteiger partial charge in [-0.15, -0.1) is 5.10 Å². The topological polar surface area (TPSA) is 48.4 Å². The van der Waals surface area contributed by atoms with Crippen molar-refractivity contribution in [2.75, 3.05) is 41.1 Å². The van der Waals surface area contributed by atoms with Crippen molar-refractivity contribution in [2.45, 2.75) is 13.1 Å². The number of halogens is 1. The molecule has 0 spiro atoms. The van der Waals surface area contributed by atoms with Crippen LogP contribution >= 0.6 is 11.6 Å². The number of hydrogen-bond acceptors (Lipinski definition) is 6. The van der Waals surface area contributed by atoms with Crippen LogP contribution in [0.5, 0.6) is 0 Å². The molecule has 0 bridgehead atoms. The number of amidine groups is 1. The van der Waals surface area contributed by atoms with Crippen molar-refractivity contribution in [2.24, 2.45) is 5.10 Å². The number of morpholine rings is 1. The van der Waals surface area contributed by atoms with Gasteiger partial charge in [0.2, 0.25) is 0 Å². The fourth-order valence-electron chi connectivity index (χ4n) is 4.34. The first-order valence-corrected chi connectivity index (χ1v) is 11.4. The number of nitrogens with zero attached hydrogens (tertiary/aromatic N) is 4. The Morgan fingerprint density at radius 3 is 2.24 bits per heavy atom. The van der Waals surface area contributed by atoms with Gasteiger partial charge in [0.25, 0.3) is 0 Å². The van der Waals surface area contributed by atoms with Crippen LogP contribution in [0.4, 0.5) is 17.1 Å². The Morgan fingerprint density at radius 2 is 1.61 bits per heavy atom. The van der Waals surface area contributed by atoms with Gasteiger partial charge >= 0.3 is 0 Å². The van der Waals surface area contributed by atoms with Gasteiger partial charge in [-0.1, -0.05) is 60.1 Å². The van der Waals surface area contributed by atoms with Gasteiger partial charge < -0.3 is 9.64 Å². The summed E-state index contributed by atoms with van der Waals surface area (Å²) in [7, 11) is 0. The van der Waals surface area contributed by atoms with Crippen molar-refractivity contribution in [1.82, 2.24) is 0 Å². The van der Waals surface area contributed by atoms with Crippen molar-refractivity contribution in [3.05, 3.63) is 89.4 Å². The van der Waals surface area contributed by atoms with Gasteiger partial charge in [0, 0.05) is 25.7 Å². The molecule has 168 valence electrons. The SMILES string of the molecule is CC(=O)C1=NN(c2ccccc2)[C@H](c2ccccc2)N1c1ccc(N2CCOCC2)c(Cl)c1. The Morgan fingerprint density at radius 1 is 0.939 bits per heavy atom. The molecule has 33 heavy (non-hydrogen) atoms. The summed E-state index contributed by atoms with van der Waals surface area (Å²) in [6.45, 7) is 4.53. The van der Waals surface area contributed by atoms with E-state index in [-0.39, 0.29) is 11.9 Å². The maximum atomic E-state index is 12.7. The van der Waals surface area contributed by atoms with E-state index in [0.717, 1.165) is 35.7 Å². The van der Waals surface area contributed by atoms with Crippen LogP contribution in [0.1, 0.15) is 18.7 Å². The van der Waals surface area contributed by atoms with Crippen molar-refractivity contribution >= 4 is 40.3 Å². The molecule has 2 aliphatic heterocycles. The zero-order chi connectivity index (χ0) is 22.8. The summed E-state index contributed by atoms with van der Waals surface area (Å²) in [6, 6.07) is 25.9. The van der Waals surface area contributed by atoms with Crippen LogP contribution < -0.4 is 14.8 Å². The Hall–Kier alpha value is -3.35. The van der Waals surface area contributed by atoms with Crippen LogP contribution in [0, 0.1) is 0 Å². The predicted octanol–water partition coefficient (Wildman–Crippen LogP) is 5.10. The van der Waals surface area contributed by atoms with Crippen LogP contribution in [-0.2, 0) is 9.53 Å². The van der Waals surface area contributed by atoms with Crippen molar-refractivity contribution in [3.63, 3.8) is 0 Å². The van der Waals surface area contributed by atoms with Crippen molar-refractivity contribution in [1.29, 1.82) is 0 Å². The smallest absolute Gasteiger partial charge is 0.198 e. The zero-order valence-corrected chi connectivity index (χ0v) is 19.2. The van der Waals surface area contributed by atoms with E-state index >= 15 is 0 Å². The normalized spacial score (nSPS) is 18.4. The molecule has 1 saturated heterocycles. The van der Waals surface area contributed by atoms with E-state index in [4.69, 9.17) is 21.4 Å². The molecule has 0 aromatic heterocycles. The number of hydrogen-bond donors (Lipinski definition) is 0. The van der Waals surface area contributed by atoms with E-state index in [9.17, 15) is 4.79 Å². The van der Waals surface area contributed by atoms with Crippen molar-refractivity contribution < 1.29 is 9.53 Å². The molecule has 0 aliphatic carbocycles. The average Bonchev–Trinajstić information content (AvgIpc) is 3.27. The highest BCUT2D eigenvalue weighted by atomic mass is 35.5. The Labute approximate surface area is 198 Å². The van der Waals surface area contributed by atoms with E-state index in [1.54, 1.807) is 6.92 Å². The highest BCUT2D eigenvalue weighted by Gasteiger charge is 2.39. The van der Waals surface area contributed by atoms with Crippen LogP contribution in [-0.4, -0.2) is 37.9 Å². The number of anilines is 3. The monoisotopic (exact) mass is 460 g/mol. The lowest BCUT2D eigenvalue weighted by atomic mass is 10.1. The molecular formula is C26H25ClN4O2. The predicted molar refractivity (Wildman–Crippen MR) is 133 cm³/mol. The highest BCUT2D eigenvalue weighted by molar-refractivity contribution is 6.44. The molecule has 2 aliphatic rings.